The molecule has 0 radical (unpaired) electrons. The lowest BCUT2D eigenvalue weighted by Crippen LogP contribution is -2.00. The number of nitrogens with zero attached hydrogens (tertiary/aromatic N) is 2. The summed E-state index contributed by atoms with van der Waals surface area (Å²) in [6.07, 6.45) is 0.725. The van der Waals surface area contributed by atoms with Crippen molar-refractivity contribution in [2.75, 3.05) is 0 Å². The summed E-state index contributed by atoms with van der Waals surface area (Å²) in [6.45, 7) is 2.68. The molecular formula is C12H14BrN3O2. The van der Waals surface area contributed by atoms with Gasteiger partial charge in [0, 0.05) is 17.4 Å². The average molecular weight is 312 g/mol. The molecule has 0 aliphatic carbocycles. The first-order valence-electron chi connectivity index (χ1n) is 5.65. The molecule has 1 aromatic heterocycles. The second-order valence-electron chi connectivity index (χ2n) is 3.69. The number of hydrogen-bond acceptors (Lipinski definition) is 5. The van der Waals surface area contributed by atoms with Crippen molar-refractivity contribution >= 4 is 15.9 Å². The Kier molecular flexibility index (Phi) is 4.33. The van der Waals surface area contributed by atoms with Crippen molar-refractivity contribution in [3.8, 4) is 5.75 Å². The Morgan fingerprint density at radius 1 is 1.33 bits per heavy atom. The van der Waals surface area contributed by atoms with E-state index in [2.05, 4.69) is 26.1 Å². The Morgan fingerprint density at radius 2 is 2.11 bits per heavy atom. The van der Waals surface area contributed by atoms with E-state index in [4.69, 9.17) is 14.9 Å². The van der Waals surface area contributed by atoms with Crippen LogP contribution in [0.3, 0.4) is 0 Å². The van der Waals surface area contributed by atoms with E-state index in [0.717, 1.165) is 22.2 Å². The zero-order chi connectivity index (χ0) is 13.0. The molecule has 0 amide bonds. The summed E-state index contributed by atoms with van der Waals surface area (Å²) >= 11 is 3.42. The van der Waals surface area contributed by atoms with Crippen LogP contribution in [0.25, 0.3) is 0 Å². The average Bonchev–Trinajstić information content (AvgIpc) is 2.86. The molecule has 5 nitrogen and oxygen atoms in total. The molecule has 0 bridgehead atoms. The molecule has 1 heterocycles. The fourth-order valence-electron chi connectivity index (χ4n) is 1.43. The van der Waals surface area contributed by atoms with Gasteiger partial charge < -0.3 is 14.9 Å². The van der Waals surface area contributed by atoms with E-state index in [1.807, 2.05) is 25.1 Å². The van der Waals surface area contributed by atoms with E-state index in [9.17, 15) is 0 Å². The third kappa shape index (κ3) is 3.08. The number of benzene rings is 1. The highest BCUT2D eigenvalue weighted by Crippen LogP contribution is 2.22. The molecule has 0 atom stereocenters. The Balaban J connectivity index is 2.01. The van der Waals surface area contributed by atoms with Crippen LogP contribution in [0, 0.1) is 0 Å². The van der Waals surface area contributed by atoms with Crippen LogP contribution in [0.5, 0.6) is 5.75 Å². The molecule has 6 heteroatoms. The topological polar surface area (TPSA) is 74.2 Å². The molecule has 1 aromatic carbocycles. The standard InChI is InChI=1S/C12H14BrN3O2/c1-2-11-15-16-12(18-11)7-17-9-3-4-10(13)8(5-9)6-14/h3-5H,2,6-7,14H2,1H3. The molecule has 0 fully saturated rings. The highest BCUT2D eigenvalue weighted by molar-refractivity contribution is 9.10. The van der Waals surface area contributed by atoms with E-state index in [1.54, 1.807) is 0 Å². The maximum atomic E-state index is 5.62. The molecule has 18 heavy (non-hydrogen) atoms. The fraction of sp³-hybridized carbons (Fsp3) is 0.333. The van der Waals surface area contributed by atoms with E-state index in [0.29, 0.717) is 18.3 Å². The normalized spacial score (nSPS) is 10.6. The van der Waals surface area contributed by atoms with Gasteiger partial charge >= 0.3 is 0 Å². The van der Waals surface area contributed by atoms with Gasteiger partial charge in [-0.2, -0.15) is 0 Å². The van der Waals surface area contributed by atoms with Crippen molar-refractivity contribution in [2.24, 2.45) is 5.73 Å². The third-order valence-electron chi connectivity index (χ3n) is 2.41. The summed E-state index contributed by atoms with van der Waals surface area (Å²) in [5.74, 6) is 1.83. The van der Waals surface area contributed by atoms with Crippen LogP contribution in [0.15, 0.2) is 27.1 Å². The van der Waals surface area contributed by atoms with Crippen LogP contribution in [0.2, 0.25) is 0 Å². The SMILES string of the molecule is CCc1nnc(COc2ccc(Br)c(CN)c2)o1. The van der Waals surface area contributed by atoms with Crippen molar-refractivity contribution in [3.05, 3.63) is 40.0 Å². The van der Waals surface area contributed by atoms with Crippen LogP contribution < -0.4 is 10.5 Å². The minimum atomic E-state index is 0.263. The molecule has 0 aliphatic rings. The number of hydrogen-bond donors (Lipinski definition) is 1. The zero-order valence-electron chi connectivity index (χ0n) is 10.0. The Labute approximate surface area is 113 Å². The first-order valence-corrected chi connectivity index (χ1v) is 6.44. The highest BCUT2D eigenvalue weighted by Gasteiger charge is 2.06. The number of rotatable bonds is 5. The van der Waals surface area contributed by atoms with Gasteiger partial charge in [-0.1, -0.05) is 22.9 Å². The molecule has 0 unspecified atom stereocenters. The van der Waals surface area contributed by atoms with Gasteiger partial charge in [-0.15, -0.1) is 10.2 Å². The molecular weight excluding hydrogens is 298 g/mol. The molecule has 0 saturated heterocycles. The summed E-state index contributed by atoms with van der Waals surface area (Å²) in [7, 11) is 0. The first-order chi connectivity index (χ1) is 8.72. The molecule has 2 aromatic rings. The maximum Gasteiger partial charge on any atom is 0.253 e. The lowest BCUT2D eigenvalue weighted by Gasteiger charge is -2.06. The largest absolute Gasteiger partial charge is 0.484 e. The summed E-state index contributed by atoms with van der Waals surface area (Å²) in [6, 6.07) is 5.66. The van der Waals surface area contributed by atoms with Gasteiger partial charge in [-0.25, -0.2) is 0 Å². The van der Waals surface area contributed by atoms with Crippen LogP contribution in [-0.2, 0) is 19.6 Å². The minimum absolute atomic E-state index is 0.263. The van der Waals surface area contributed by atoms with Crippen LogP contribution in [-0.4, -0.2) is 10.2 Å². The molecule has 0 saturated carbocycles. The molecule has 2 rings (SSSR count). The summed E-state index contributed by atoms with van der Waals surface area (Å²) in [4.78, 5) is 0. The van der Waals surface area contributed by atoms with Gasteiger partial charge in [0.25, 0.3) is 5.89 Å². The zero-order valence-corrected chi connectivity index (χ0v) is 11.6. The maximum absolute atomic E-state index is 5.62. The summed E-state index contributed by atoms with van der Waals surface area (Å²) in [5, 5.41) is 7.76. The smallest absolute Gasteiger partial charge is 0.253 e. The van der Waals surface area contributed by atoms with E-state index in [1.165, 1.54) is 0 Å². The van der Waals surface area contributed by atoms with Crippen LogP contribution in [0.4, 0.5) is 0 Å². The van der Waals surface area contributed by atoms with Gasteiger partial charge in [-0.3, -0.25) is 0 Å². The second kappa shape index (κ2) is 5.97. The number of ether oxygens (including phenoxy) is 1. The molecule has 96 valence electrons. The van der Waals surface area contributed by atoms with E-state index >= 15 is 0 Å². The number of halogens is 1. The fourth-order valence-corrected chi connectivity index (χ4v) is 1.84. The minimum Gasteiger partial charge on any atom is -0.484 e. The molecule has 0 spiro atoms. The van der Waals surface area contributed by atoms with Gasteiger partial charge in [0.1, 0.15) is 5.75 Å². The quantitative estimate of drug-likeness (QED) is 0.918. The van der Waals surface area contributed by atoms with E-state index < -0.39 is 0 Å². The van der Waals surface area contributed by atoms with Gasteiger partial charge in [0.2, 0.25) is 5.89 Å². The first kappa shape index (κ1) is 13.0. The Hall–Kier alpha value is -1.40. The highest BCUT2D eigenvalue weighted by atomic mass is 79.9. The monoisotopic (exact) mass is 311 g/mol. The molecule has 0 aliphatic heterocycles. The van der Waals surface area contributed by atoms with Crippen molar-refractivity contribution < 1.29 is 9.15 Å². The Morgan fingerprint density at radius 3 is 2.78 bits per heavy atom. The van der Waals surface area contributed by atoms with Crippen molar-refractivity contribution in [1.29, 1.82) is 0 Å². The number of aryl methyl sites for hydroxylation is 1. The van der Waals surface area contributed by atoms with Gasteiger partial charge in [0.05, 0.1) is 0 Å². The second-order valence-corrected chi connectivity index (χ2v) is 4.54. The summed E-state index contributed by atoms with van der Waals surface area (Å²) in [5.41, 5.74) is 6.61. The Bertz CT molecular complexity index is 528. The molecule has 2 N–H and O–H groups in total. The van der Waals surface area contributed by atoms with Crippen LogP contribution in [0.1, 0.15) is 24.3 Å². The van der Waals surface area contributed by atoms with Gasteiger partial charge in [0.15, 0.2) is 6.61 Å². The van der Waals surface area contributed by atoms with Crippen LogP contribution >= 0.6 is 15.9 Å². The number of aromatic nitrogens is 2. The predicted octanol–water partition coefficient (Wildman–Crippen LogP) is 2.43. The van der Waals surface area contributed by atoms with Crippen molar-refractivity contribution in [1.82, 2.24) is 10.2 Å². The lowest BCUT2D eigenvalue weighted by molar-refractivity contribution is 0.259. The van der Waals surface area contributed by atoms with Gasteiger partial charge in [-0.05, 0) is 23.8 Å². The van der Waals surface area contributed by atoms with Crippen molar-refractivity contribution in [2.45, 2.75) is 26.5 Å². The van der Waals surface area contributed by atoms with Crippen molar-refractivity contribution in [3.63, 3.8) is 0 Å². The third-order valence-corrected chi connectivity index (χ3v) is 3.18. The lowest BCUT2D eigenvalue weighted by atomic mass is 10.2. The summed E-state index contributed by atoms with van der Waals surface area (Å²) < 4.78 is 11.9. The number of nitrogens with two attached hydrogens (primary N) is 1. The predicted molar refractivity (Wildman–Crippen MR) is 70.0 cm³/mol. The van der Waals surface area contributed by atoms with E-state index in [-0.39, 0.29) is 6.61 Å².